The molecule has 1 amide bonds. The Morgan fingerprint density at radius 2 is 1.88 bits per heavy atom. The van der Waals surface area contributed by atoms with E-state index in [0.717, 1.165) is 40.1 Å². The highest BCUT2D eigenvalue weighted by Crippen LogP contribution is 2.51. The van der Waals surface area contributed by atoms with Gasteiger partial charge in [-0.3, -0.25) is 9.48 Å². The fraction of sp³-hybridized carbons (Fsp3) is 0.333. The molecule has 6 rings (SSSR count). The van der Waals surface area contributed by atoms with Crippen LogP contribution in [-0.2, 0) is 22.9 Å². The van der Waals surface area contributed by atoms with E-state index in [1.54, 1.807) is 17.1 Å². The van der Waals surface area contributed by atoms with Gasteiger partial charge in [0.15, 0.2) is 6.17 Å². The number of benzene rings is 2. The molecule has 0 spiro atoms. The van der Waals surface area contributed by atoms with E-state index in [0.29, 0.717) is 30.5 Å². The number of halogens is 3. The molecule has 0 fully saturated rings. The van der Waals surface area contributed by atoms with E-state index in [1.165, 1.54) is 12.1 Å². The molecule has 3 aliphatic heterocycles. The first-order chi connectivity index (χ1) is 19.0. The molecule has 3 aliphatic rings. The monoisotopic (exact) mass is 546 g/mol. The van der Waals surface area contributed by atoms with Gasteiger partial charge in [0.2, 0.25) is 0 Å². The standard InChI is InChI=1S/C30H29F3N6O/c1-4-29(23-15-34-38-26(23)36-24-13-28(2,3)37-27(40)25(24)29)22-7-5-6-19(12-22)20-14-35-39(17-20)16-18-8-10-21(11-9-18)30(31,32)33/h5-12,14-15,17,26,36H,4,13,16H2,1-3H3,(H,37,40)/t26?,29-/m0/s1. The predicted molar refractivity (Wildman–Crippen MR) is 144 cm³/mol. The highest BCUT2D eigenvalue weighted by Gasteiger charge is 2.53. The Labute approximate surface area is 229 Å². The van der Waals surface area contributed by atoms with Crippen molar-refractivity contribution in [1.29, 1.82) is 0 Å². The summed E-state index contributed by atoms with van der Waals surface area (Å²) in [4.78, 5) is 13.6. The van der Waals surface area contributed by atoms with Crippen LogP contribution in [0.2, 0.25) is 0 Å². The van der Waals surface area contributed by atoms with Gasteiger partial charge < -0.3 is 10.6 Å². The van der Waals surface area contributed by atoms with Crippen molar-refractivity contribution in [2.75, 3.05) is 0 Å². The molecule has 7 nitrogen and oxygen atoms in total. The third-order valence-corrected chi connectivity index (χ3v) is 7.98. The second-order valence-electron chi connectivity index (χ2n) is 11.2. The summed E-state index contributed by atoms with van der Waals surface area (Å²) in [7, 11) is 0. The van der Waals surface area contributed by atoms with Crippen LogP contribution in [0.15, 0.2) is 94.2 Å². The van der Waals surface area contributed by atoms with Gasteiger partial charge >= 0.3 is 6.18 Å². The van der Waals surface area contributed by atoms with Crippen molar-refractivity contribution in [1.82, 2.24) is 20.4 Å². The lowest BCUT2D eigenvalue weighted by Crippen LogP contribution is -2.58. The molecule has 0 saturated carbocycles. The molecule has 40 heavy (non-hydrogen) atoms. The van der Waals surface area contributed by atoms with Gasteiger partial charge in [0.25, 0.3) is 5.91 Å². The molecule has 2 N–H and O–H groups in total. The van der Waals surface area contributed by atoms with Gasteiger partial charge in [0.05, 0.1) is 35.5 Å². The van der Waals surface area contributed by atoms with E-state index in [-0.39, 0.29) is 17.6 Å². The number of rotatable bonds is 5. The average molecular weight is 547 g/mol. The number of amides is 1. The van der Waals surface area contributed by atoms with Crippen molar-refractivity contribution in [3.8, 4) is 11.1 Å². The Morgan fingerprint density at radius 3 is 2.60 bits per heavy atom. The number of azo groups is 1. The smallest absolute Gasteiger partial charge is 0.362 e. The van der Waals surface area contributed by atoms with E-state index >= 15 is 0 Å². The maximum Gasteiger partial charge on any atom is 0.416 e. The maximum atomic E-state index is 13.6. The molecule has 10 heteroatoms. The van der Waals surface area contributed by atoms with E-state index in [9.17, 15) is 18.0 Å². The van der Waals surface area contributed by atoms with Crippen molar-refractivity contribution >= 4 is 5.91 Å². The van der Waals surface area contributed by atoms with E-state index in [4.69, 9.17) is 0 Å². The van der Waals surface area contributed by atoms with Crippen molar-refractivity contribution < 1.29 is 18.0 Å². The van der Waals surface area contributed by atoms with Gasteiger partial charge in [-0.25, -0.2) is 0 Å². The van der Waals surface area contributed by atoms with Gasteiger partial charge in [0, 0.05) is 35.0 Å². The normalized spacial score (nSPS) is 23.3. The molecule has 0 bridgehead atoms. The van der Waals surface area contributed by atoms with Gasteiger partial charge in [-0.1, -0.05) is 37.3 Å². The molecule has 2 atom stereocenters. The van der Waals surface area contributed by atoms with Gasteiger partial charge in [-0.15, -0.1) is 0 Å². The summed E-state index contributed by atoms with van der Waals surface area (Å²) in [6.07, 6.45) is 2.00. The average Bonchev–Trinajstić information content (AvgIpc) is 3.56. The van der Waals surface area contributed by atoms with Crippen LogP contribution in [0, 0.1) is 0 Å². The van der Waals surface area contributed by atoms with Crippen LogP contribution < -0.4 is 10.6 Å². The second kappa shape index (κ2) is 9.18. The first-order valence-electron chi connectivity index (χ1n) is 13.2. The predicted octanol–water partition coefficient (Wildman–Crippen LogP) is 6.10. The molecule has 4 heterocycles. The Hall–Kier alpha value is -4.21. The molecule has 2 aromatic carbocycles. The third-order valence-electron chi connectivity index (χ3n) is 7.98. The Kier molecular flexibility index (Phi) is 5.97. The highest BCUT2D eigenvalue weighted by molar-refractivity contribution is 6.00. The van der Waals surface area contributed by atoms with Crippen molar-refractivity contribution in [3.63, 3.8) is 0 Å². The number of nitrogens with zero attached hydrogens (tertiary/aromatic N) is 4. The minimum atomic E-state index is -4.37. The first-order valence-corrected chi connectivity index (χ1v) is 13.2. The molecule has 3 aromatic rings. The summed E-state index contributed by atoms with van der Waals surface area (Å²) in [5.74, 6) is -0.0957. The van der Waals surface area contributed by atoms with Gasteiger partial charge in [-0.2, -0.15) is 28.5 Å². The minimum absolute atomic E-state index is 0.0957. The molecule has 0 aliphatic carbocycles. The Morgan fingerprint density at radius 1 is 1.10 bits per heavy atom. The Balaban J connectivity index is 1.36. The van der Waals surface area contributed by atoms with Crippen LogP contribution in [0.3, 0.4) is 0 Å². The second-order valence-corrected chi connectivity index (χ2v) is 11.2. The lowest BCUT2D eigenvalue weighted by molar-refractivity contribution is -0.137. The van der Waals surface area contributed by atoms with Crippen LogP contribution >= 0.6 is 0 Å². The molecular weight excluding hydrogens is 517 g/mol. The zero-order chi connectivity index (χ0) is 28.3. The topological polar surface area (TPSA) is 83.7 Å². The first kappa shape index (κ1) is 26.0. The fourth-order valence-corrected chi connectivity index (χ4v) is 6.16. The van der Waals surface area contributed by atoms with Crippen LogP contribution in [0.4, 0.5) is 13.2 Å². The zero-order valence-corrected chi connectivity index (χ0v) is 22.4. The van der Waals surface area contributed by atoms with Gasteiger partial charge in [-0.05, 0) is 55.2 Å². The van der Waals surface area contributed by atoms with Crippen LogP contribution in [0.5, 0.6) is 0 Å². The summed E-state index contributed by atoms with van der Waals surface area (Å²) in [5, 5.41) is 19.7. The maximum absolute atomic E-state index is 13.6. The van der Waals surface area contributed by atoms with E-state index in [2.05, 4.69) is 39.0 Å². The molecule has 206 valence electrons. The number of hydrogen-bond acceptors (Lipinski definition) is 5. The van der Waals surface area contributed by atoms with E-state index < -0.39 is 17.2 Å². The molecule has 1 aromatic heterocycles. The summed E-state index contributed by atoms with van der Waals surface area (Å²) in [6, 6.07) is 13.2. The van der Waals surface area contributed by atoms with Crippen LogP contribution in [0.25, 0.3) is 11.1 Å². The quantitative estimate of drug-likeness (QED) is 0.406. The molecule has 1 unspecified atom stereocenters. The third kappa shape index (κ3) is 4.31. The largest absolute Gasteiger partial charge is 0.416 e. The minimum Gasteiger partial charge on any atom is -0.362 e. The van der Waals surface area contributed by atoms with Crippen molar-refractivity contribution in [3.05, 3.63) is 101 Å². The summed E-state index contributed by atoms with van der Waals surface area (Å²) < 4.78 is 40.5. The highest BCUT2D eigenvalue weighted by atomic mass is 19.4. The fourth-order valence-electron chi connectivity index (χ4n) is 6.16. The number of alkyl halides is 3. The molecular formula is C30H29F3N6O. The Bertz CT molecular complexity index is 1580. The number of carbonyl (C=O) groups excluding carboxylic acids is 1. The van der Waals surface area contributed by atoms with Crippen LogP contribution in [0.1, 0.15) is 50.3 Å². The molecule has 0 saturated heterocycles. The van der Waals surface area contributed by atoms with Crippen LogP contribution in [-0.4, -0.2) is 27.4 Å². The van der Waals surface area contributed by atoms with Crippen molar-refractivity contribution in [2.24, 2.45) is 10.2 Å². The number of hydrogen-bond donors (Lipinski definition) is 2. The molecule has 0 radical (unpaired) electrons. The lowest BCUT2D eigenvalue weighted by atomic mass is 9.62. The zero-order valence-electron chi connectivity index (χ0n) is 22.4. The summed E-state index contributed by atoms with van der Waals surface area (Å²) in [5.41, 5.74) is 4.25. The summed E-state index contributed by atoms with van der Waals surface area (Å²) >= 11 is 0. The number of aromatic nitrogens is 2. The van der Waals surface area contributed by atoms with E-state index in [1.807, 2.05) is 38.2 Å². The SMILES string of the molecule is CC[C@]1(c2cccc(-c3cnn(Cc4ccc(C(F)(F)F)cc4)c3)c2)C2=CN=NC2NC2=C1C(=O)NC(C)(C)C2. The summed E-state index contributed by atoms with van der Waals surface area (Å²) in [6.45, 7) is 6.43. The van der Waals surface area contributed by atoms with Gasteiger partial charge in [0.1, 0.15) is 0 Å². The lowest BCUT2D eigenvalue weighted by Gasteiger charge is -2.48. The number of carbonyl (C=O) groups is 1. The number of fused-ring (bicyclic) bond motifs is 1. The number of nitrogens with one attached hydrogen (secondary N) is 2. The van der Waals surface area contributed by atoms with Crippen molar-refractivity contribution in [2.45, 2.75) is 63.5 Å².